The predicted octanol–water partition coefficient (Wildman–Crippen LogP) is 5.04. The SMILES string of the molecule is O=C(O)C(F)(F)F.S.S.[C-]#[N+][C@H]1CCCC1C(=O)[C@@H](N)Cc1c[nH]c2ccc(Oc3ccc(C(=O)O)cc3)cc12. The minimum atomic E-state index is -5.08. The van der Waals surface area contributed by atoms with Crippen molar-refractivity contribution >= 4 is 55.6 Å². The highest BCUT2D eigenvalue weighted by atomic mass is 32.1. The Kier molecular flexibility index (Phi) is 12.6. The highest BCUT2D eigenvalue weighted by Crippen LogP contribution is 2.32. The number of H-pyrrole nitrogens is 1. The van der Waals surface area contributed by atoms with Crippen LogP contribution >= 0.6 is 27.0 Å². The van der Waals surface area contributed by atoms with E-state index in [0.29, 0.717) is 17.9 Å². The van der Waals surface area contributed by atoms with Crippen molar-refractivity contribution in [1.29, 1.82) is 0 Å². The van der Waals surface area contributed by atoms with Gasteiger partial charge in [0, 0.05) is 23.5 Å². The lowest BCUT2D eigenvalue weighted by molar-refractivity contribution is -0.192. The number of carboxylic acid groups (broad SMARTS) is 2. The molecule has 1 aliphatic rings. The smallest absolute Gasteiger partial charge is 0.478 e. The number of ether oxygens (including phenoxy) is 1. The minimum Gasteiger partial charge on any atom is -0.478 e. The van der Waals surface area contributed by atoms with E-state index in [1.54, 1.807) is 12.1 Å². The first-order chi connectivity index (χ1) is 17.9. The molecule has 2 aromatic carbocycles. The predicted molar refractivity (Wildman–Crippen MR) is 151 cm³/mol. The molecule has 1 saturated carbocycles. The number of nitrogens with two attached hydrogens (primary N) is 1. The molecule has 1 fully saturated rings. The molecule has 3 aromatic rings. The maximum Gasteiger partial charge on any atom is 0.490 e. The minimum absolute atomic E-state index is 0. The second-order valence-corrected chi connectivity index (χ2v) is 8.70. The molecule has 0 amide bonds. The van der Waals surface area contributed by atoms with E-state index in [4.69, 9.17) is 32.1 Å². The van der Waals surface area contributed by atoms with Crippen LogP contribution < -0.4 is 10.5 Å². The van der Waals surface area contributed by atoms with Gasteiger partial charge in [-0.1, -0.05) is 0 Å². The Hall–Kier alpha value is -3.67. The first-order valence-electron chi connectivity index (χ1n) is 11.5. The molecular weight excluding hydrogens is 571 g/mol. The number of Topliss-reactive ketones (excluding diaryl/α,β-unsaturated/α-hetero) is 1. The third kappa shape index (κ3) is 8.67. The molecule has 216 valence electrons. The Morgan fingerprint density at radius 2 is 1.68 bits per heavy atom. The van der Waals surface area contributed by atoms with Crippen LogP contribution in [0.3, 0.4) is 0 Å². The van der Waals surface area contributed by atoms with Gasteiger partial charge in [-0.3, -0.25) is 4.79 Å². The maximum absolute atomic E-state index is 12.8. The van der Waals surface area contributed by atoms with E-state index in [1.165, 1.54) is 12.1 Å². The van der Waals surface area contributed by atoms with Gasteiger partial charge in [-0.15, -0.1) is 0 Å². The van der Waals surface area contributed by atoms with Crippen molar-refractivity contribution < 1.29 is 42.5 Å². The number of benzene rings is 2. The summed E-state index contributed by atoms with van der Waals surface area (Å²) in [5.41, 5.74) is 8.26. The number of carboxylic acids is 2. The van der Waals surface area contributed by atoms with Crippen LogP contribution in [0.2, 0.25) is 0 Å². The second-order valence-electron chi connectivity index (χ2n) is 8.70. The third-order valence-corrected chi connectivity index (χ3v) is 6.13. The standard InChI is InChI=1S/C24H23N3O4.C2HF3O2.2H2S/c1-26-21-4-2-3-18(21)23(28)20(25)11-15-13-27-22-10-9-17(12-19(15)22)31-16-7-5-14(6-8-16)24(29)30;3-2(4,5)1(6)7;;/h5-10,12-13,18,20-21,27H,2-4,11,25H2,(H,29,30);(H,6,7);2*1H2/t18?,20-,21-;;;/m0.../s1. The number of rotatable bonds is 7. The summed E-state index contributed by atoms with van der Waals surface area (Å²) < 4.78 is 37.6. The summed E-state index contributed by atoms with van der Waals surface area (Å²) in [6.07, 6.45) is -0.432. The zero-order valence-corrected chi connectivity index (χ0v) is 22.9. The fraction of sp³-hybridized carbons (Fsp3) is 0.308. The van der Waals surface area contributed by atoms with E-state index in [-0.39, 0.29) is 50.3 Å². The lowest BCUT2D eigenvalue weighted by Crippen LogP contribution is -2.39. The van der Waals surface area contributed by atoms with Crippen LogP contribution in [-0.4, -0.2) is 51.2 Å². The summed E-state index contributed by atoms with van der Waals surface area (Å²) in [6.45, 7) is 7.30. The van der Waals surface area contributed by atoms with Gasteiger partial charge in [-0.05, 0) is 67.3 Å². The van der Waals surface area contributed by atoms with Crippen LogP contribution in [0, 0.1) is 12.5 Å². The zero-order valence-electron chi connectivity index (χ0n) is 20.9. The number of nitrogens with one attached hydrogen (secondary N) is 1. The Labute approximate surface area is 241 Å². The van der Waals surface area contributed by atoms with Crippen molar-refractivity contribution in [2.45, 2.75) is 43.9 Å². The molecule has 0 saturated heterocycles. The number of carbonyl (C=O) groups excluding carboxylic acids is 1. The molecule has 4 rings (SSSR count). The summed E-state index contributed by atoms with van der Waals surface area (Å²) in [5, 5.41) is 17.0. The number of aliphatic carboxylic acids is 1. The molecule has 1 unspecified atom stereocenters. The molecule has 1 aromatic heterocycles. The molecule has 3 atom stereocenters. The quantitative estimate of drug-likeness (QED) is 0.278. The van der Waals surface area contributed by atoms with Gasteiger partial charge < -0.3 is 30.5 Å². The van der Waals surface area contributed by atoms with Gasteiger partial charge in [-0.25, -0.2) is 16.2 Å². The fourth-order valence-corrected chi connectivity index (χ4v) is 4.23. The first kappa shape index (κ1) is 34.4. The van der Waals surface area contributed by atoms with Crippen LogP contribution in [0.25, 0.3) is 15.7 Å². The number of alkyl halides is 3. The van der Waals surface area contributed by atoms with E-state index < -0.39 is 24.2 Å². The number of ketones is 1. The molecule has 14 heteroatoms. The number of nitrogens with zero attached hydrogens (tertiary/aromatic N) is 1. The average Bonchev–Trinajstić information content (AvgIpc) is 3.50. The summed E-state index contributed by atoms with van der Waals surface area (Å²) in [7, 11) is 0. The molecule has 0 radical (unpaired) electrons. The van der Waals surface area contributed by atoms with Crippen LogP contribution in [0.15, 0.2) is 48.7 Å². The molecule has 1 aliphatic carbocycles. The van der Waals surface area contributed by atoms with E-state index in [2.05, 4.69) is 9.83 Å². The second kappa shape index (κ2) is 14.6. The molecule has 9 nitrogen and oxygen atoms in total. The Balaban J connectivity index is 0.000000792. The summed E-state index contributed by atoms with van der Waals surface area (Å²) in [4.78, 5) is 39.5. The van der Waals surface area contributed by atoms with E-state index in [1.807, 2.05) is 24.4 Å². The number of halogens is 3. The summed E-state index contributed by atoms with van der Waals surface area (Å²) >= 11 is 0. The fourth-order valence-electron chi connectivity index (χ4n) is 4.23. The van der Waals surface area contributed by atoms with Crippen molar-refractivity contribution in [3.05, 3.63) is 71.2 Å². The molecule has 0 aliphatic heterocycles. The van der Waals surface area contributed by atoms with Crippen molar-refractivity contribution in [2.75, 3.05) is 0 Å². The number of aromatic carboxylic acids is 1. The average molecular weight is 600 g/mol. The van der Waals surface area contributed by atoms with E-state index in [9.17, 15) is 22.8 Å². The van der Waals surface area contributed by atoms with E-state index in [0.717, 1.165) is 35.7 Å². The van der Waals surface area contributed by atoms with E-state index >= 15 is 0 Å². The summed E-state index contributed by atoms with van der Waals surface area (Å²) in [5.74, 6) is -2.91. The third-order valence-electron chi connectivity index (χ3n) is 6.13. The highest BCUT2D eigenvalue weighted by molar-refractivity contribution is 7.59. The number of fused-ring (bicyclic) bond motifs is 1. The number of hydrogen-bond donors (Lipinski definition) is 4. The normalized spacial score (nSPS) is 16.8. The molecule has 1 heterocycles. The topological polar surface area (TPSA) is 147 Å². The van der Waals surface area contributed by atoms with Gasteiger partial charge >= 0.3 is 18.1 Å². The molecule has 40 heavy (non-hydrogen) atoms. The van der Waals surface area contributed by atoms with Gasteiger partial charge in [0.25, 0.3) is 0 Å². The highest BCUT2D eigenvalue weighted by Gasteiger charge is 2.40. The molecule has 5 N–H and O–H groups in total. The van der Waals surface area contributed by atoms with Crippen LogP contribution in [0.4, 0.5) is 13.2 Å². The lowest BCUT2D eigenvalue weighted by Gasteiger charge is -2.15. The first-order valence-corrected chi connectivity index (χ1v) is 11.5. The number of hydrogen-bond acceptors (Lipinski definition) is 5. The lowest BCUT2D eigenvalue weighted by atomic mass is 9.90. The van der Waals surface area contributed by atoms with Crippen LogP contribution in [0.5, 0.6) is 11.5 Å². The van der Waals surface area contributed by atoms with Gasteiger partial charge in [0.1, 0.15) is 11.5 Å². The van der Waals surface area contributed by atoms with Gasteiger partial charge in [0.2, 0.25) is 6.04 Å². The van der Waals surface area contributed by atoms with Crippen LogP contribution in [0.1, 0.15) is 35.2 Å². The molecule has 0 bridgehead atoms. The zero-order chi connectivity index (χ0) is 28.0. The monoisotopic (exact) mass is 599 g/mol. The number of aromatic nitrogens is 1. The Morgan fingerprint density at radius 3 is 2.23 bits per heavy atom. The van der Waals surface area contributed by atoms with Gasteiger partial charge in [-0.2, -0.15) is 40.2 Å². The number of carbonyl (C=O) groups is 3. The van der Waals surface area contributed by atoms with Crippen molar-refractivity contribution in [3.63, 3.8) is 0 Å². The number of aromatic amines is 1. The van der Waals surface area contributed by atoms with Crippen molar-refractivity contribution in [1.82, 2.24) is 4.98 Å². The van der Waals surface area contributed by atoms with Gasteiger partial charge in [0.15, 0.2) is 5.78 Å². The van der Waals surface area contributed by atoms with Gasteiger partial charge in [0.05, 0.1) is 17.5 Å². The Morgan fingerprint density at radius 1 is 1.07 bits per heavy atom. The van der Waals surface area contributed by atoms with Crippen molar-refractivity contribution in [3.8, 4) is 11.5 Å². The molecule has 0 spiro atoms. The van der Waals surface area contributed by atoms with Crippen molar-refractivity contribution in [2.24, 2.45) is 11.7 Å². The summed E-state index contributed by atoms with van der Waals surface area (Å²) in [6, 6.07) is 10.9. The molecular formula is C26H28F3N3O6S2. The van der Waals surface area contributed by atoms with Crippen LogP contribution in [-0.2, 0) is 16.0 Å². The largest absolute Gasteiger partial charge is 0.490 e. The maximum atomic E-state index is 12.8. The Bertz CT molecular complexity index is 1370.